The second-order valence-corrected chi connectivity index (χ2v) is 5.20. The van der Waals surface area contributed by atoms with Crippen LogP contribution in [-0.2, 0) is 5.60 Å². The van der Waals surface area contributed by atoms with Gasteiger partial charge in [-0.05, 0) is 62.5 Å². The van der Waals surface area contributed by atoms with Crippen molar-refractivity contribution in [3.8, 4) is 0 Å². The standard InChI is InChI=1S/C13H18O2/c14-13(12-4-2-8-15-12)7-1-3-11(9-13)10-5-6-10/h2,4,8,10-11,14H,1,3,5-7,9H2. The lowest BCUT2D eigenvalue weighted by molar-refractivity contribution is -0.0421. The van der Waals surface area contributed by atoms with Gasteiger partial charge in [-0.15, -0.1) is 0 Å². The molecule has 2 aliphatic rings. The van der Waals surface area contributed by atoms with E-state index in [-0.39, 0.29) is 0 Å². The van der Waals surface area contributed by atoms with Gasteiger partial charge in [-0.2, -0.15) is 0 Å². The fraction of sp³-hybridized carbons (Fsp3) is 0.692. The van der Waals surface area contributed by atoms with Crippen LogP contribution in [0.2, 0.25) is 0 Å². The molecule has 2 heteroatoms. The smallest absolute Gasteiger partial charge is 0.135 e. The van der Waals surface area contributed by atoms with Crippen molar-refractivity contribution in [2.24, 2.45) is 11.8 Å². The number of aliphatic hydroxyl groups is 1. The third kappa shape index (κ3) is 1.71. The van der Waals surface area contributed by atoms with Gasteiger partial charge in [0.15, 0.2) is 0 Å². The minimum absolute atomic E-state index is 0.672. The lowest BCUT2D eigenvalue weighted by Crippen LogP contribution is -2.33. The van der Waals surface area contributed by atoms with E-state index in [1.807, 2.05) is 12.1 Å². The molecule has 2 fully saturated rings. The van der Waals surface area contributed by atoms with Crippen molar-refractivity contribution in [3.05, 3.63) is 24.2 Å². The SMILES string of the molecule is OC1(c2ccco2)CCCC(C2CC2)C1. The van der Waals surface area contributed by atoms with Crippen molar-refractivity contribution < 1.29 is 9.52 Å². The predicted octanol–water partition coefficient (Wildman–Crippen LogP) is 3.07. The summed E-state index contributed by atoms with van der Waals surface area (Å²) in [6, 6.07) is 3.78. The topological polar surface area (TPSA) is 33.4 Å². The predicted molar refractivity (Wildman–Crippen MR) is 57.3 cm³/mol. The molecule has 15 heavy (non-hydrogen) atoms. The van der Waals surface area contributed by atoms with E-state index < -0.39 is 5.60 Å². The van der Waals surface area contributed by atoms with Gasteiger partial charge in [0.1, 0.15) is 11.4 Å². The van der Waals surface area contributed by atoms with Crippen LogP contribution in [0.15, 0.2) is 22.8 Å². The summed E-state index contributed by atoms with van der Waals surface area (Å²) in [4.78, 5) is 0. The number of furan rings is 1. The van der Waals surface area contributed by atoms with Crippen LogP contribution in [-0.4, -0.2) is 5.11 Å². The van der Waals surface area contributed by atoms with E-state index in [1.54, 1.807) is 6.26 Å². The highest BCUT2D eigenvalue weighted by Crippen LogP contribution is 2.49. The second-order valence-electron chi connectivity index (χ2n) is 5.20. The molecule has 2 saturated carbocycles. The Morgan fingerprint density at radius 1 is 1.27 bits per heavy atom. The molecule has 0 radical (unpaired) electrons. The summed E-state index contributed by atoms with van der Waals surface area (Å²) in [5.74, 6) is 2.40. The maximum absolute atomic E-state index is 10.6. The number of rotatable bonds is 2. The largest absolute Gasteiger partial charge is 0.466 e. The van der Waals surface area contributed by atoms with Crippen molar-refractivity contribution in [1.29, 1.82) is 0 Å². The molecular formula is C13H18O2. The molecule has 2 unspecified atom stereocenters. The minimum Gasteiger partial charge on any atom is -0.466 e. The van der Waals surface area contributed by atoms with Gasteiger partial charge < -0.3 is 9.52 Å². The van der Waals surface area contributed by atoms with Gasteiger partial charge in [-0.3, -0.25) is 0 Å². The highest BCUT2D eigenvalue weighted by molar-refractivity contribution is 5.11. The van der Waals surface area contributed by atoms with Crippen molar-refractivity contribution in [2.45, 2.75) is 44.1 Å². The van der Waals surface area contributed by atoms with Crippen LogP contribution in [0.25, 0.3) is 0 Å². The quantitative estimate of drug-likeness (QED) is 0.806. The van der Waals surface area contributed by atoms with Gasteiger partial charge in [0.25, 0.3) is 0 Å². The molecule has 1 aromatic rings. The molecule has 1 heterocycles. The van der Waals surface area contributed by atoms with Crippen LogP contribution < -0.4 is 0 Å². The third-order valence-corrected chi connectivity index (χ3v) is 4.03. The summed E-state index contributed by atoms with van der Waals surface area (Å²) in [5.41, 5.74) is -0.672. The van der Waals surface area contributed by atoms with Gasteiger partial charge in [0.05, 0.1) is 6.26 Å². The molecule has 0 amide bonds. The Morgan fingerprint density at radius 3 is 2.80 bits per heavy atom. The van der Waals surface area contributed by atoms with Gasteiger partial charge >= 0.3 is 0 Å². The van der Waals surface area contributed by atoms with Crippen LogP contribution >= 0.6 is 0 Å². The Morgan fingerprint density at radius 2 is 2.13 bits per heavy atom. The first kappa shape index (κ1) is 9.46. The van der Waals surface area contributed by atoms with E-state index >= 15 is 0 Å². The van der Waals surface area contributed by atoms with Crippen LogP contribution in [0.4, 0.5) is 0 Å². The van der Waals surface area contributed by atoms with E-state index in [9.17, 15) is 5.11 Å². The van der Waals surface area contributed by atoms with Gasteiger partial charge in [-0.25, -0.2) is 0 Å². The Labute approximate surface area is 90.3 Å². The molecule has 0 aliphatic heterocycles. The first-order valence-electron chi connectivity index (χ1n) is 6.04. The molecule has 0 spiro atoms. The summed E-state index contributed by atoms with van der Waals surface area (Å²) in [5, 5.41) is 10.6. The highest BCUT2D eigenvalue weighted by Gasteiger charge is 2.43. The van der Waals surface area contributed by atoms with Gasteiger partial charge in [-0.1, -0.05) is 0 Å². The van der Waals surface area contributed by atoms with E-state index in [4.69, 9.17) is 4.42 Å². The molecule has 1 N–H and O–H groups in total. The molecule has 82 valence electrons. The molecule has 2 atom stereocenters. The van der Waals surface area contributed by atoms with Crippen LogP contribution in [0.3, 0.4) is 0 Å². The van der Waals surface area contributed by atoms with E-state index in [0.29, 0.717) is 0 Å². The lowest BCUT2D eigenvalue weighted by Gasteiger charge is -2.35. The van der Waals surface area contributed by atoms with Crippen molar-refractivity contribution >= 4 is 0 Å². The Bertz CT molecular complexity index is 326. The average Bonchev–Trinajstić information content (AvgIpc) is 2.93. The maximum Gasteiger partial charge on any atom is 0.135 e. The molecule has 1 aromatic heterocycles. The Balaban J connectivity index is 1.79. The molecule has 3 rings (SSSR count). The maximum atomic E-state index is 10.6. The molecule has 0 aromatic carbocycles. The first-order valence-corrected chi connectivity index (χ1v) is 6.04. The van der Waals surface area contributed by atoms with Crippen LogP contribution in [0.1, 0.15) is 44.3 Å². The van der Waals surface area contributed by atoms with Crippen LogP contribution in [0, 0.1) is 11.8 Å². The molecule has 0 saturated heterocycles. The summed E-state index contributed by atoms with van der Waals surface area (Å²) in [6.07, 6.45) is 8.62. The van der Waals surface area contributed by atoms with Crippen LogP contribution in [0.5, 0.6) is 0 Å². The monoisotopic (exact) mass is 206 g/mol. The van der Waals surface area contributed by atoms with Crippen molar-refractivity contribution in [1.82, 2.24) is 0 Å². The summed E-state index contributed by atoms with van der Waals surface area (Å²) in [7, 11) is 0. The lowest BCUT2D eigenvalue weighted by atomic mass is 9.75. The molecular weight excluding hydrogens is 188 g/mol. The second kappa shape index (κ2) is 3.38. The zero-order chi connectivity index (χ0) is 10.3. The summed E-state index contributed by atoms with van der Waals surface area (Å²) >= 11 is 0. The van der Waals surface area contributed by atoms with Crippen molar-refractivity contribution in [3.63, 3.8) is 0 Å². The zero-order valence-corrected chi connectivity index (χ0v) is 8.98. The normalized spacial score (nSPS) is 36.7. The summed E-state index contributed by atoms with van der Waals surface area (Å²) < 4.78 is 5.37. The fourth-order valence-corrected chi connectivity index (χ4v) is 3.03. The molecule has 0 bridgehead atoms. The van der Waals surface area contributed by atoms with E-state index in [1.165, 1.54) is 19.3 Å². The molecule has 2 aliphatic carbocycles. The van der Waals surface area contributed by atoms with Gasteiger partial charge in [0.2, 0.25) is 0 Å². The Hall–Kier alpha value is -0.760. The number of hydrogen-bond donors (Lipinski definition) is 1. The summed E-state index contributed by atoms with van der Waals surface area (Å²) in [6.45, 7) is 0. The first-order chi connectivity index (χ1) is 7.28. The zero-order valence-electron chi connectivity index (χ0n) is 8.98. The van der Waals surface area contributed by atoms with Crippen molar-refractivity contribution in [2.75, 3.05) is 0 Å². The third-order valence-electron chi connectivity index (χ3n) is 4.03. The minimum atomic E-state index is -0.672. The molecule has 2 nitrogen and oxygen atoms in total. The fourth-order valence-electron chi connectivity index (χ4n) is 3.03. The average molecular weight is 206 g/mol. The highest BCUT2D eigenvalue weighted by atomic mass is 16.4. The Kier molecular flexibility index (Phi) is 2.13. The van der Waals surface area contributed by atoms with E-state index in [0.717, 1.165) is 36.9 Å². The van der Waals surface area contributed by atoms with Gasteiger partial charge in [0, 0.05) is 0 Å². The number of hydrogen-bond acceptors (Lipinski definition) is 2. The van der Waals surface area contributed by atoms with E-state index in [2.05, 4.69) is 0 Å².